The molecule has 24 heavy (non-hydrogen) atoms. The van der Waals surface area contributed by atoms with Crippen LogP contribution in [0.15, 0.2) is 22.7 Å². The molecule has 0 saturated carbocycles. The van der Waals surface area contributed by atoms with Crippen molar-refractivity contribution in [1.29, 1.82) is 0 Å². The van der Waals surface area contributed by atoms with Crippen LogP contribution in [0.3, 0.4) is 0 Å². The summed E-state index contributed by atoms with van der Waals surface area (Å²) in [4.78, 5) is 1.72. The first-order valence-electron chi connectivity index (χ1n) is 6.76. The van der Waals surface area contributed by atoms with Crippen LogP contribution in [-0.2, 0) is 19.3 Å². The van der Waals surface area contributed by atoms with Gasteiger partial charge >= 0.3 is 6.18 Å². The molecule has 0 radical (unpaired) electrons. The fourth-order valence-electron chi connectivity index (χ4n) is 2.33. The van der Waals surface area contributed by atoms with E-state index in [2.05, 4.69) is 31.4 Å². The molecular weight excluding hydrogens is 431 g/mol. The summed E-state index contributed by atoms with van der Waals surface area (Å²) in [6.07, 6.45) is -4.52. The molecule has 128 valence electrons. The number of alkyl halides is 3. The van der Waals surface area contributed by atoms with Crippen LogP contribution in [0.2, 0.25) is 5.02 Å². The quantitative estimate of drug-likeness (QED) is 0.681. The minimum atomic E-state index is -4.52. The van der Waals surface area contributed by atoms with Crippen LogP contribution in [0, 0.1) is 0 Å². The van der Waals surface area contributed by atoms with Gasteiger partial charge in [0.05, 0.1) is 17.3 Å². The van der Waals surface area contributed by atoms with E-state index in [1.165, 1.54) is 0 Å². The highest BCUT2D eigenvalue weighted by Gasteiger charge is 2.39. The summed E-state index contributed by atoms with van der Waals surface area (Å²) in [6, 6.07) is 5.28. The molecule has 0 fully saturated rings. The maximum absolute atomic E-state index is 12.8. The average molecular weight is 441 g/mol. The lowest BCUT2D eigenvalue weighted by Gasteiger charge is -2.30. The van der Waals surface area contributed by atoms with Gasteiger partial charge in [-0.15, -0.1) is 10.2 Å². The normalized spacial score (nSPS) is 14.5. The zero-order chi connectivity index (χ0) is 17.5. The summed E-state index contributed by atoms with van der Waals surface area (Å²) in [5, 5.41) is 10.7. The van der Waals surface area contributed by atoms with Gasteiger partial charge < -0.3 is 14.8 Å². The Hall–Kier alpha value is -1.39. The zero-order valence-electron chi connectivity index (χ0n) is 11.9. The first-order valence-corrected chi connectivity index (χ1v) is 8.34. The van der Waals surface area contributed by atoms with E-state index in [0.29, 0.717) is 22.4 Å². The van der Waals surface area contributed by atoms with E-state index in [1.54, 1.807) is 23.1 Å². The van der Waals surface area contributed by atoms with Crippen LogP contribution in [0.4, 0.5) is 18.9 Å². The number of fused-ring (bicyclic) bond motifs is 1. The smallest absolute Gasteiger partial charge is 0.340 e. The number of anilines is 1. The number of nitrogens with one attached hydrogen (secondary N) is 1. The van der Waals surface area contributed by atoms with Crippen LogP contribution in [0.25, 0.3) is 0 Å². The molecule has 1 aromatic carbocycles. The van der Waals surface area contributed by atoms with Crippen molar-refractivity contribution in [3.8, 4) is 0 Å². The molecule has 2 heterocycles. The average Bonchev–Trinajstić information content (AvgIpc) is 2.93. The summed E-state index contributed by atoms with van der Waals surface area (Å²) >= 11 is 14.8. The SMILES string of the molecule is FC(F)(F)c1nnc2n1CCN(C(=S)Nc1ccc(Br)cc1Cl)C2. The van der Waals surface area contributed by atoms with E-state index in [9.17, 15) is 13.2 Å². The number of aromatic nitrogens is 3. The first kappa shape index (κ1) is 17.4. The molecule has 0 saturated heterocycles. The highest BCUT2D eigenvalue weighted by Crippen LogP contribution is 2.30. The maximum atomic E-state index is 12.8. The summed E-state index contributed by atoms with van der Waals surface area (Å²) in [5.41, 5.74) is 0.618. The third kappa shape index (κ3) is 3.50. The lowest BCUT2D eigenvalue weighted by Crippen LogP contribution is -2.41. The maximum Gasteiger partial charge on any atom is 0.451 e. The molecule has 1 N–H and O–H groups in total. The standard InChI is InChI=1S/C13H10BrClF3N5S/c14-7-1-2-9(8(15)5-7)19-12(24)22-3-4-23-10(6-22)20-21-11(23)13(16,17)18/h1-2,5H,3-4,6H2,(H,19,24). The van der Waals surface area contributed by atoms with Gasteiger partial charge in [-0.25, -0.2) is 0 Å². The monoisotopic (exact) mass is 439 g/mol. The molecule has 0 amide bonds. The molecular formula is C13H10BrClF3N5S. The molecule has 0 aliphatic carbocycles. The van der Waals surface area contributed by atoms with Crippen LogP contribution < -0.4 is 5.32 Å². The van der Waals surface area contributed by atoms with Gasteiger partial charge in [0.2, 0.25) is 5.82 Å². The van der Waals surface area contributed by atoms with E-state index >= 15 is 0 Å². The van der Waals surface area contributed by atoms with Crippen LogP contribution in [0.1, 0.15) is 11.6 Å². The fraction of sp³-hybridized carbons (Fsp3) is 0.308. The Morgan fingerprint density at radius 1 is 1.29 bits per heavy atom. The van der Waals surface area contributed by atoms with E-state index in [0.717, 1.165) is 9.04 Å². The minimum Gasteiger partial charge on any atom is -0.340 e. The Morgan fingerprint density at radius 3 is 2.71 bits per heavy atom. The van der Waals surface area contributed by atoms with Crippen molar-refractivity contribution in [3.05, 3.63) is 39.3 Å². The van der Waals surface area contributed by atoms with E-state index in [4.69, 9.17) is 23.8 Å². The van der Waals surface area contributed by atoms with Crippen molar-refractivity contribution in [2.45, 2.75) is 19.3 Å². The van der Waals surface area contributed by atoms with Crippen LogP contribution in [-0.4, -0.2) is 31.3 Å². The van der Waals surface area contributed by atoms with Crippen molar-refractivity contribution in [2.75, 3.05) is 11.9 Å². The molecule has 11 heteroatoms. The number of nitrogens with zero attached hydrogens (tertiary/aromatic N) is 4. The second-order valence-electron chi connectivity index (χ2n) is 5.07. The molecule has 1 aliphatic rings. The van der Waals surface area contributed by atoms with Crippen molar-refractivity contribution < 1.29 is 13.2 Å². The molecule has 2 aromatic rings. The summed E-state index contributed by atoms with van der Waals surface area (Å²) in [6.45, 7) is 0.560. The van der Waals surface area contributed by atoms with Gasteiger partial charge in [-0.3, -0.25) is 0 Å². The van der Waals surface area contributed by atoms with Crippen molar-refractivity contribution in [3.63, 3.8) is 0 Å². The van der Waals surface area contributed by atoms with Gasteiger partial charge in [0.1, 0.15) is 0 Å². The Kier molecular flexibility index (Phi) is 4.71. The van der Waals surface area contributed by atoms with Crippen molar-refractivity contribution in [2.24, 2.45) is 0 Å². The lowest BCUT2D eigenvalue weighted by atomic mass is 10.3. The van der Waals surface area contributed by atoms with Crippen molar-refractivity contribution >= 4 is 50.5 Å². The third-order valence-corrected chi connectivity index (χ3v) is 4.63. The number of halogens is 5. The topological polar surface area (TPSA) is 46.0 Å². The highest BCUT2D eigenvalue weighted by atomic mass is 79.9. The Labute approximate surface area is 153 Å². The number of hydrogen-bond acceptors (Lipinski definition) is 3. The molecule has 3 rings (SSSR count). The van der Waals surface area contributed by atoms with Gasteiger partial charge in [0, 0.05) is 17.6 Å². The van der Waals surface area contributed by atoms with Gasteiger partial charge in [-0.1, -0.05) is 27.5 Å². The molecule has 0 spiro atoms. The van der Waals surface area contributed by atoms with Crippen molar-refractivity contribution in [1.82, 2.24) is 19.7 Å². The Morgan fingerprint density at radius 2 is 2.04 bits per heavy atom. The van der Waals surface area contributed by atoms with Gasteiger partial charge in [-0.05, 0) is 30.4 Å². The van der Waals surface area contributed by atoms with Gasteiger partial charge in [0.25, 0.3) is 0 Å². The van der Waals surface area contributed by atoms with E-state index in [1.807, 2.05) is 0 Å². The third-order valence-electron chi connectivity index (χ3n) is 3.47. The second kappa shape index (κ2) is 6.49. The summed E-state index contributed by atoms with van der Waals surface area (Å²) in [5.74, 6) is -0.758. The number of thiocarbonyl (C=S) groups is 1. The Balaban J connectivity index is 1.73. The summed E-state index contributed by atoms with van der Waals surface area (Å²) < 4.78 is 40.4. The largest absolute Gasteiger partial charge is 0.451 e. The zero-order valence-corrected chi connectivity index (χ0v) is 15.1. The lowest BCUT2D eigenvalue weighted by molar-refractivity contribution is -0.147. The summed E-state index contributed by atoms with van der Waals surface area (Å²) in [7, 11) is 0. The molecule has 1 aromatic heterocycles. The second-order valence-corrected chi connectivity index (χ2v) is 6.77. The number of benzene rings is 1. The minimum absolute atomic E-state index is 0.104. The first-order chi connectivity index (χ1) is 11.3. The van der Waals surface area contributed by atoms with Crippen LogP contribution in [0.5, 0.6) is 0 Å². The molecule has 0 unspecified atom stereocenters. The highest BCUT2D eigenvalue weighted by molar-refractivity contribution is 9.10. The van der Waals surface area contributed by atoms with Crippen LogP contribution >= 0.6 is 39.7 Å². The van der Waals surface area contributed by atoms with Gasteiger partial charge in [0.15, 0.2) is 10.9 Å². The van der Waals surface area contributed by atoms with E-state index in [-0.39, 0.29) is 18.9 Å². The molecule has 1 aliphatic heterocycles. The van der Waals surface area contributed by atoms with Gasteiger partial charge in [-0.2, -0.15) is 13.2 Å². The molecule has 0 bridgehead atoms. The predicted molar refractivity (Wildman–Crippen MR) is 90.8 cm³/mol. The fourth-order valence-corrected chi connectivity index (χ4v) is 3.31. The molecule has 5 nitrogen and oxygen atoms in total. The predicted octanol–water partition coefficient (Wildman–Crippen LogP) is 3.93. The molecule has 0 atom stereocenters. The number of rotatable bonds is 1. The Bertz CT molecular complexity index is 794. The van der Waals surface area contributed by atoms with E-state index < -0.39 is 12.0 Å². The number of hydrogen-bond donors (Lipinski definition) is 1.